The molecule has 0 aliphatic carbocycles. The molecule has 0 aromatic heterocycles. The average molecular weight is 459 g/mol. The van der Waals surface area contributed by atoms with Gasteiger partial charge < -0.3 is 15.3 Å². The first kappa shape index (κ1) is 25.9. The second kappa shape index (κ2) is 14.0. The third kappa shape index (κ3) is 9.45. The molecule has 0 spiro atoms. The number of carboxylic acids is 2. The van der Waals surface area contributed by atoms with Crippen molar-refractivity contribution in [2.24, 2.45) is 0 Å². The van der Waals surface area contributed by atoms with Gasteiger partial charge in [-0.25, -0.2) is 0 Å². The molecule has 0 aliphatic heterocycles. The van der Waals surface area contributed by atoms with E-state index in [0.29, 0.717) is 5.56 Å². The van der Waals surface area contributed by atoms with Gasteiger partial charge in [0.25, 0.3) is 0 Å². The Labute approximate surface area is 194 Å². The van der Waals surface area contributed by atoms with Gasteiger partial charge in [-0.15, -0.1) is 11.8 Å². The summed E-state index contributed by atoms with van der Waals surface area (Å²) in [5, 5.41) is 29.3. The van der Waals surface area contributed by atoms with E-state index in [-0.39, 0.29) is 12.2 Å². The fourth-order valence-corrected chi connectivity index (χ4v) is 5.05. The number of carboxylic acid groups (broad SMARTS) is 2. The number of hydrogen-bond donors (Lipinski definition) is 3. The minimum atomic E-state index is -1.63. The third-order valence-electron chi connectivity index (χ3n) is 5.49. The van der Waals surface area contributed by atoms with Crippen LogP contribution in [0, 0.1) is 0 Å². The van der Waals surface area contributed by atoms with Crippen LogP contribution in [0.3, 0.4) is 0 Å². The Kier molecular flexibility index (Phi) is 11.3. The minimum absolute atomic E-state index is 0.126. The first-order chi connectivity index (χ1) is 15.4. The molecule has 0 aliphatic rings. The van der Waals surface area contributed by atoms with E-state index in [2.05, 4.69) is 24.3 Å². The summed E-state index contributed by atoms with van der Waals surface area (Å²) < 4.78 is 0. The van der Waals surface area contributed by atoms with Gasteiger partial charge in [0.2, 0.25) is 0 Å². The van der Waals surface area contributed by atoms with Gasteiger partial charge in [0.1, 0.15) is 4.93 Å². The van der Waals surface area contributed by atoms with Crippen molar-refractivity contribution in [3.63, 3.8) is 0 Å². The quantitative estimate of drug-likeness (QED) is 0.223. The zero-order valence-corrected chi connectivity index (χ0v) is 19.4. The van der Waals surface area contributed by atoms with Crippen molar-refractivity contribution >= 4 is 23.7 Å². The first-order valence-electron chi connectivity index (χ1n) is 11.3. The topological polar surface area (TPSA) is 94.8 Å². The molecule has 0 amide bonds. The van der Waals surface area contributed by atoms with Crippen molar-refractivity contribution in [2.45, 2.75) is 69.1 Å². The zero-order chi connectivity index (χ0) is 23.2. The Balaban J connectivity index is 1.81. The Morgan fingerprint density at radius 3 is 2.00 bits per heavy atom. The third-order valence-corrected chi connectivity index (χ3v) is 6.74. The number of unbranched alkanes of at least 4 members (excludes halogenated alkanes) is 5. The van der Waals surface area contributed by atoms with Gasteiger partial charge in [-0.2, -0.15) is 0 Å². The molecule has 0 bridgehead atoms. The summed E-state index contributed by atoms with van der Waals surface area (Å²) in [6, 6.07) is 17.9. The summed E-state index contributed by atoms with van der Waals surface area (Å²) in [4.78, 5) is 20.6. The zero-order valence-electron chi connectivity index (χ0n) is 18.5. The molecule has 6 heteroatoms. The molecule has 0 saturated heterocycles. The van der Waals surface area contributed by atoms with E-state index in [1.54, 1.807) is 12.1 Å². The van der Waals surface area contributed by atoms with Crippen LogP contribution in [0.15, 0.2) is 54.6 Å². The molecule has 1 unspecified atom stereocenters. The van der Waals surface area contributed by atoms with Gasteiger partial charge >= 0.3 is 11.9 Å². The number of aliphatic hydroxyl groups is 1. The smallest absolute Gasteiger partial charge is 0.307 e. The van der Waals surface area contributed by atoms with Crippen molar-refractivity contribution in [2.75, 3.05) is 5.75 Å². The monoisotopic (exact) mass is 458 g/mol. The Bertz CT molecular complexity index is 839. The lowest BCUT2D eigenvalue weighted by Gasteiger charge is -2.28. The summed E-state index contributed by atoms with van der Waals surface area (Å²) in [5.74, 6) is -1.93. The van der Waals surface area contributed by atoms with Crippen molar-refractivity contribution in [1.29, 1.82) is 0 Å². The van der Waals surface area contributed by atoms with Gasteiger partial charge in [0.05, 0.1) is 12.8 Å². The molecule has 0 heterocycles. The van der Waals surface area contributed by atoms with Gasteiger partial charge in [-0.1, -0.05) is 80.3 Å². The van der Waals surface area contributed by atoms with Crippen LogP contribution < -0.4 is 0 Å². The van der Waals surface area contributed by atoms with E-state index in [4.69, 9.17) is 5.11 Å². The van der Waals surface area contributed by atoms with E-state index in [1.807, 2.05) is 18.2 Å². The van der Waals surface area contributed by atoms with Crippen LogP contribution in [0.4, 0.5) is 0 Å². The molecular weight excluding hydrogens is 424 g/mol. The van der Waals surface area contributed by atoms with Crippen LogP contribution in [0.25, 0.3) is 0 Å². The molecule has 1 atom stereocenters. The van der Waals surface area contributed by atoms with E-state index in [1.165, 1.54) is 24.8 Å². The molecule has 32 heavy (non-hydrogen) atoms. The minimum Gasteiger partial charge on any atom is -0.481 e. The van der Waals surface area contributed by atoms with Gasteiger partial charge in [0.15, 0.2) is 0 Å². The molecular formula is C26H34O5S. The number of carbonyl (C=O) groups is 2. The second-order valence-corrected chi connectivity index (χ2v) is 9.48. The molecule has 2 aromatic carbocycles. The predicted octanol–water partition coefficient (Wildman–Crippen LogP) is 5.64. The summed E-state index contributed by atoms with van der Waals surface area (Å²) in [6.45, 7) is 0. The van der Waals surface area contributed by atoms with Gasteiger partial charge in [0, 0.05) is 5.75 Å². The number of rotatable bonds is 16. The Hall–Kier alpha value is -2.31. The van der Waals surface area contributed by atoms with Crippen LogP contribution in [0.5, 0.6) is 0 Å². The van der Waals surface area contributed by atoms with E-state index < -0.39 is 23.3 Å². The number of benzene rings is 2. The van der Waals surface area contributed by atoms with Crippen molar-refractivity contribution < 1.29 is 24.9 Å². The maximum atomic E-state index is 11.4. The Morgan fingerprint density at radius 2 is 1.34 bits per heavy atom. The second-order valence-electron chi connectivity index (χ2n) is 8.11. The number of hydrogen-bond acceptors (Lipinski definition) is 4. The molecule has 2 rings (SSSR count). The maximum Gasteiger partial charge on any atom is 0.307 e. The van der Waals surface area contributed by atoms with Crippen LogP contribution >= 0.6 is 11.8 Å². The highest BCUT2D eigenvalue weighted by Gasteiger charge is 2.34. The predicted molar refractivity (Wildman–Crippen MR) is 129 cm³/mol. The van der Waals surface area contributed by atoms with Crippen LogP contribution in [0.2, 0.25) is 0 Å². The standard InChI is InChI=1S/C26H34O5S/c27-24(28)18-19-32-26(31,20-25(29)30)23-17-11-10-16-22(23)15-9-4-2-1-3-6-12-21-13-7-5-8-14-21/h5,7-8,10-11,13-14,16-17,31H,1-4,6,9,12,15,18-20H2,(H,27,28)(H,29,30). The van der Waals surface area contributed by atoms with Crippen molar-refractivity contribution in [3.05, 3.63) is 71.3 Å². The SMILES string of the molecule is O=C(O)CCSC(O)(CC(=O)O)c1ccccc1CCCCCCCCc1ccccc1. The van der Waals surface area contributed by atoms with Crippen molar-refractivity contribution in [1.82, 2.24) is 0 Å². The Morgan fingerprint density at radius 1 is 0.750 bits per heavy atom. The van der Waals surface area contributed by atoms with Crippen molar-refractivity contribution in [3.8, 4) is 0 Å². The summed E-state index contributed by atoms with van der Waals surface area (Å²) in [5.41, 5.74) is 2.91. The molecule has 174 valence electrons. The van der Waals surface area contributed by atoms with E-state index in [9.17, 15) is 19.8 Å². The number of aliphatic carboxylic acids is 2. The highest BCUT2D eigenvalue weighted by molar-refractivity contribution is 8.00. The highest BCUT2D eigenvalue weighted by atomic mass is 32.2. The lowest BCUT2D eigenvalue weighted by Crippen LogP contribution is -2.27. The maximum absolute atomic E-state index is 11.4. The molecule has 5 nitrogen and oxygen atoms in total. The molecule has 0 radical (unpaired) electrons. The lowest BCUT2D eigenvalue weighted by molar-refractivity contribution is -0.140. The fraction of sp³-hybridized carbons (Fsp3) is 0.462. The molecule has 0 fully saturated rings. The molecule has 2 aromatic rings. The van der Waals surface area contributed by atoms with Crippen LogP contribution in [-0.4, -0.2) is 33.0 Å². The summed E-state index contributed by atoms with van der Waals surface area (Å²) in [7, 11) is 0. The van der Waals surface area contributed by atoms with Crippen LogP contribution in [-0.2, 0) is 27.4 Å². The lowest BCUT2D eigenvalue weighted by atomic mass is 9.95. The van der Waals surface area contributed by atoms with E-state index >= 15 is 0 Å². The van der Waals surface area contributed by atoms with E-state index in [0.717, 1.165) is 49.4 Å². The summed E-state index contributed by atoms with van der Waals surface area (Å²) in [6.07, 6.45) is 8.12. The van der Waals surface area contributed by atoms with Crippen LogP contribution in [0.1, 0.15) is 68.1 Å². The van der Waals surface area contributed by atoms with Gasteiger partial charge in [-0.3, -0.25) is 9.59 Å². The number of thioether (sulfide) groups is 1. The average Bonchev–Trinajstić information content (AvgIpc) is 2.76. The summed E-state index contributed by atoms with van der Waals surface area (Å²) >= 11 is 0.993. The van der Waals surface area contributed by atoms with Gasteiger partial charge in [-0.05, 0) is 42.4 Å². The largest absolute Gasteiger partial charge is 0.481 e. The highest BCUT2D eigenvalue weighted by Crippen LogP contribution is 2.39. The first-order valence-corrected chi connectivity index (χ1v) is 12.3. The number of aryl methyl sites for hydroxylation is 2. The normalized spacial score (nSPS) is 12.9. The fourth-order valence-electron chi connectivity index (χ4n) is 3.85. The molecule has 0 saturated carbocycles. The molecule has 3 N–H and O–H groups in total.